The molecule has 1 fully saturated rings. The first-order valence-electron chi connectivity index (χ1n) is 5.55. The van der Waals surface area contributed by atoms with E-state index < -0.39 is 0 Å². The monoisotopic (exact) mass is 220 g/mol. The number of nitrogens with zero attached hydrogens (tertiary/aromatic N) is 1. The molecule has 0 aliphatic heterocycles. The van der Waals surface area contributed by atoms with E-state index in [-0.39, 0.29) is 17.9 Å². The van der Waals surface area contributed by atoms with Crippen LogP contribution in [-0.4, -0.2) is 23.6 Å². The van der Waals surface area contributed by atoms with Gasteiger partial charge in [0.1, 0.15) is 0 Å². The van der Waals surface area contributed by atoms with Gasteiger partial charge in [0.15, 0.2) is 0 Å². The molecule has 0 bridgehead atoms. The van der Waals surface area contributed by atoms with Crippen LogP contribution in [0.2, 0.25) is 0 Å². The number of aromatic nitrogens is 1. The molecule has 1 heterocycles. The molecule has 1 aliphatic rings. The van der Waals surface area contributed by atoms with E-state index in [4.69, 9.17) is 4.74 Å². The van der Waals surface area contributed by atoms with Gasteiger partial charge < -0.3 is 10.1 Å². The average Bonchev–Trinajstić information content (AvgIpc) is 3.01. The lowest BCUT2D eigenvalue weighted by Gasteiger charge is -2.06. The highest BCUT2D eigenvalue weighted by Gasteiger charge is 2.43. The molecule has 4 heteroatoms. The van der Waals surface area contributed by atoms with Gasteiger partial charge in [-0.2, -0.15) is 0 Å². The highest BCUT2D eigenvalue weighted by atomic mass is 16.5. The molecule has 16 heavy (non-hydrogen) atoms. The third kappa shape index (κ3) is 2.39. The first-order valence-corrected chi connectivity index (χ1v) is 5.55. The van der Waals surface area contributed by atoms with Gasteiger partial charge in [0.2, 0.25) is 5.91 Å². The zero-order valence-corrected chi connectivity index (χ0v) is 9.56. The minimum Gasteiger partial charge on any atom is -0.378 e. The van der Waals surface area contributed by atoms with Crippen molar-refractivity contribution in [3.8, 4) is 0 Å². The first-order chi connectivity index (χ1) is 7.72. The normalized spacial score (nSPS) is 22.9. The molecule has 1 saturated carbocycles. The van der Waals surface area contributed by atoms with Gasteiger partial charge in [-0.15, -0.1) is 0 Å². The van der Waals surface area contributed by atoms with E-state index in [2.05, 4.69) is 10.3 Å². The van der Waals surface area contributed by atoms with Gasteiger partial charge in [0.25, 0.3) is 0 Å². The SMILES string of the molecule is CCO[C@@H]1C[C@H]1C(=O)Nc1cnccc1C. The molecule has 0 saturated heterocycles. The predicted molar refractivity (Wildman–Crippen MR) is 61.1 cm³/mol. The Morgan fingerprint density at radius 2 is 2.50 bits per heavy atom. The van der Waals surface area contributed by atoms with Crippen LogP contribution < -0.4 is 5.32 Å². The molecular weight excluding hydrogens is 204 g/mol. The van der Waals surface area contributed by atoms with Crippen molar-refractivity contribution >= 4 is 11.6 Å². The molecule has 2 rings (SSSR count). The predicted octanol–water partition coefficient (Wildman–Crippen LogP) is 1.75. The molecule has 2 atom stereocenters. The van der Waals surface area contributed by atoms with Crippen molar-refractivity contribution in [2.75, 3.05) is 11.9 Å². The maximum absolute atomic E-state index is 11.8. The lowest BCUT2D eigenvalue weighted by atomic mass is 10.2. The van der Waals surface area contributed by atoms with Crippen molar-refractivity contribution in [1.29, 1.82) is 0 Å². The number of pyridine rings is 1. The van der Waals surface area contributed by atoms with Gasteiger partial charge in [-0.05, 0) is 31.9 Å². The number of rotatable bonds is 4. The lowest BCUT2D eigenvalue weighted by molar-refractivity contribution is -0.118. The molecule has 0 radical (unpaired) electrons. The molecule has 1 aliphatic carbocycles. The summed E-state index contributed by atoms with van der Waals surface area (Å²) in [6.45, 7) is 4.56. The number of aryl methyl sites for hydroxylation is 1. The number of carbonyl (C=O) groups excluding carboxylic acids is 1. The first kappa shape index (κ1) is 11.1. The summed E-state index contributed by atoms with van der Waals surface area (Å²) in [6.07, 6.45) is 4.33. The van der Waals surface area contributed by atoms with E-state index in [0.717, 1.165) is 17.7 Å². The Hall–Kier alpha value is -1.42. The van der Waals surface area contributed by atoms with Crippen molar-refractivity contribution in [2.24, 2.45) is 5.92 Å². The third-order valence-corrected chi connectivity index (χ3v) is 2.75. The van der Waals surface area contributed by atoms with E-state index in [1.807, 2.05) is 19.9 Å². The Kier molecular flexibility index (Phi) is 3.19. The number of hydrogen-bond donors (Lipinski definition) is 1. The maximum atomic E-state index is 11.8. The van der Waals surface area contributed by atoms with E-state index in [9.17, 15) is 4.79 Å². The van der Waals surface area contributed by atoms with Crippen molar-refractivity contribution < 1.29 is 9.53 Å². The van der Waals surface area contributed by atoms with E-state index in [1.165, 1.54) is 0 Å². The molecule has 1 amide bonds. The second-order valence-corrected chi connectivity index (χ2v) is 4.02. The second kappa shape index (κ2) is 4.61. The average molecular weight is 220 g/mol. The Balaban J connectivity index is 1.92. The molecule has 1 N–H and O–H groups in total. The molecule has 0 unspecified atom stereocenters. The summed E-state index contributed by atoms with van der Waals surface area (Å²) in [6, 6.07) is 1.88. The minimum atomic E-state index is 0.0135. The molecule has 86 valence electrons. The van der Waals surface area contributed by atoms with Gasteiger partial charge in [0, 0.05) is 12.8 Å². The van der Waals surface area contributed by atoms with E-state index in [0.29, 0.717) is 6.61 Å². The summed E-state index contributed by atoms with van der Waals surface area (Å²) in [5.41, 5.74) is 1.81. The number of hydrogen-bond acceptors (Lipinski definition) is 3. The fourth-order valence-electron chi connectivity index (χ4n) is 1.67. The zero-order chi connectivity index (χ0) is 11.5. The fourth-order valence-corrected chi connectivity index (χ4v) is 1.67. The third-order valence-electron chi connectivity index (χ3n) is 2.75. The Bertz CT molecular complexity index is 392. The maximum Gasteiger partial charge on any atom is 0.230 e. The van der Waals surface area contributed by atoms with Gasteiger partial charge >= 0.3 is 0 Å². The summed E-state index contributed by atoms with van der Waals surface area (Å²) in [7, 11) is 0. The molecule has 0 spiro atoms. The van der Waals surface area contributed by atoms with Crippen LogP contribution in [0.5, 0.6) is 0 Å². The van der Waals surface area contributed by atoms with E-state index >= 15 is 0 Å². The fraction of sp³-hybridized carbons (Fsp3) is 0.500. The summed E-state index contributed by atoms with van der Waals surface area (Å²) >= 11 is 0. The number of anilines is 1. The van der Waals surface area contributed by atoms with Crippen molar-refractivity contribution in [2.45, 2.75) is 26.4 Å². The Morgan fingerprint density at radius 1 is 1.69 bits per heavy atom. The highest BCUT2D eigenvalue weighted by molar-refractivity contribution is 5.95. The number of ether oxygens (including phenoxy) is 1. The molecule has 4 nitrogen and oxygen atoms in total. The second-order valence-electron chi connectivity index (χ2n) is 4.02. The Morgan fingerprint density at radius 3 is 3.19 bits per heavy atom. The Labute approximate surface area is 95.0 Å². The topological polar surface area (TPSA) is 51.2 Å². The summed E-state index contributed by atoms with van der Waals surface area (Å²) in [5.74, 6) is 0.0501. The molecular formula is C12H16N2O2. The van der Waals surface area contributed by atoms with Crippen LogP contribution in [0.15, 0.2) is 18.5 Å². The van der Waals surface area contributed by atoms with Crippen LogP contribution in [0.3, 0.4) is 0 Å². The lowest BCUT2D eigenvalue weighted by Crippen LogP contribution is -2.17. The number of amides is 1. The summed E-state index contributed by atoms with van der Waals surface area (Å²) < 4.78 is 5.38. The quantitative estimate of drug-likeness (QED) is 0.841. The zero-order valence-electron chi connectivity index (χ0n) is 9.56. The van der Waals surface area contributed by atoms with Crippen LogP contribution in [0.1, 0.15) is 18.9 Å². The number of carbonyl (C=O) groups is 1. The van der Waals surface area contributed by atoms with Gasteiger partial charge in [-0.1, -0.05) is 0 Å². The molecule has 0 aromatic carbocycles. The van der Waals surface area contributed by atoms with Crippen LogP contribution in [-0.2, 0) is 9.53 Å². The van der Waals surface area contributed by atoms with E-state index in [1.54, 1.807) is 12.4 Å². The van der Waals surface area contributed by atoms with Crippen molar-refractivity contribution in [1.82, 2.24) is 4.98 Å². The van der Waals surface area contributed by atoms with Gasteiger partial charge in [-0.25, -0.2) is 0 Å². The van der Waals surface area contributed by atoms with Gasteiger partial charge in [0.05, 0.1) is 23.9 Å². The van der Waals surface area contributed by atoms with Crippen molar-refractivity contribution in [3.05, 3.63) is 24.0 Å². The van der Waals surface area contributed by atoms with Crippen LogP contribution in [0, 0.1) is 12.8 Å². The van der Waals surface area contributed by atoms with Crippen LogP contribution >= 0.6 is 0 Å². The number of nitrogens with one attached hydrogen (secondary N) is 1. The summed E-state index contributed by atoms with van der Waals surface area (Å²) in [4.78, 5) is 15.8. The smallest absolute Gasteiger partial charge is 0.230 e. The van der Waals surface area contributed by atoms with Crippen LogP contribution in [0.25, 0.3) is 0 Å². The largest absolute Gasteiger partial charge is 0.378 e. The molecule has 1 aromatic rings. The van der Waals surface area contributed by atoms with Crippen molar-refractivity contribution in [3.63, 3.8) is 0 Å². The van der Waals surface area contributed by atoms with Crippen LogP contribution in [0.4, 0.5) is 5.69 Å². The highest BCUT2D eigenvalue weighted by Crippen LogP contribution is 2.34. The molecule has 1 aromatic heterocycles. The van der Waals surface area contributed by atoms with Gasteiger partial charge in [-0.3, -0.25) is 9.78 Å². The minimum absolute atomic E-state index is 0.0135. The standard InChI is InChI=1S/C12H16N2O2/c1-3-16-11-6-9(11)12(15)14-10-7-13-5-4-8(10)2/h4-5,7,9,11H,3,6H2,1-2H3,(H,14,15)/t9-,11-/m1/s1. The summed E-state index contributed by atoms with van der Waals surface area (Å²) in [5, 5.41) is 2.88.